The molecule has 5 heteroatoms. The van der Waals surface area contributed by atoms with Gasteiger partial charge in [0.1, 0.15) is 5.75 Å². The van der Waals surface area contributed by atoms with Crippen LogP contribution in [0.4, 0.5) is 0 Å². The highest BCUT2D eigenvalue weighted by atomic mass is 35.5. The van der Waals surface area contributed by atoms with E-state index in [1.54, 1.807) is 25.3 Å². The Morgan fingerprint density at radius 1 is 1.00 bits per heavy atom. The van der Waals surface area contributed by atoms with E-state index in [1.807, 2.05) is 60.7 Å². The van der Waals surface area contributed by atoms with Gasteiger partial charge in [0.25, 0.3) is 5.91 Å². The van der Waals surface area contributed by atoms with Crippen molar-refractivity contribution in [2.45, 2.75) is 6.54 Å². The fraction of sp³-hybridized carbons (Fsp3) is 0.0870. The zero-order chi connectivity index (χ0) is 19.9. The third kappa shape index (κ3) is 5.16. The number of amides is 1. The summed E-state index contributed by atoms with van der Waals surface area (Å²) < 4.78 is 5.19. The van der Waals surface area contributed by atoms with Crippen LogP contribution in [0, 0.1) is 0 Å². The number of nitrogens with one attached hydrogen (secondary N) is 1. The van der Waals surface area contributed by atoms with Crippen LogP contribution in [0.1, 0.15) is 16.7 Å². The lowest BCUT2D eigenvalue weighted by Crippen LogP contribution is -2.24. The highest BCUT2D eigenvalue weighted by Crippen LogP contribution is 2.23. The molecule has 1 N–H and O–H groups in total. The Bertz CT molecular complexity index is 983. The number of carbonyl (C=O) groups excluding carboxylic acids is 1. The molecule has 0 aliphatic heterocycles. The number of ether oxygens (including phenoxy) is 1. The van der Waals surface area contributed by atoms with Gasteiger partial charge in [0.15, 0.2) is 0 Å². The first-order valence-corrected chi connectivity index (χ1v) is 9.45. The molecular weight excluding hydrogens is 393 g/mol. The third-order valence-corrected chi connectivity index (χ3v) is 4.80. The molecular formula is C23H19Cl2NO2. The van der Waals surface area contributed by atoms with E-state index >= 15 is 0 Å². The summed E-state index contributed by atoms with van der Waals surface area (Å²) in [5.74, 6) is 0.577. The zero-order valence-electron chi connectivity index (χ0n) is 15.3. The van der Waals surface area contributed by atoms with Crippen molar-refractivity contribution >= 4 is 40.8 Å². The van der Waals surface area contributed by atoms with Crippen LogP contribution in [0.25, 0.3) is 11.6 Å². The molecule has 3 rings (SSSR count). The minimum atomic E-state index is -0.187. The number of halogens is 2. The average molecular weight is 412 g/mol. The van der Waals surface area contributed by atoms with Gasteiger partial charge in [-0.3, -0.25) is 4.79 Å². The van der Waals surface area contributed by atoms with Crippen LogP contribution < -0.4 is 10.1 Å². The van der Waals surface area contributed by atoms with Crippen molar-refractivity contribution < 1.29 is 9.53 Å². The van der Waals surface area contributed by atoms with Crippen LogP contribution in [0.3, 0.4) is 0 Å². The van der Waals surface area contributed by atoms with Gasteiger partial charge in [0, 0.05) is 22.2 Å². The second-order valence-electron chi connectivity index (χ2n) is 6.12. The monoisotopic (exact) mass is 411 g/mol. The van der Waals surface area contributed by atoms with E-state index in [1.165, 1.54) is 0 Å². The summed E-state index contributed by atoms with van der Waals surface area (Å²) in [5, 5.41) is 4.02. The van der Waals surface area contributed by atoms with Gasteiger partial charge in [-0.1, -0.05) is 71.7 Å². The summed E-state index contributed by atoms with van der Waals surface area (Å²) in [6, 6.07) is 22.3. The number of rotatable bonds is 6. The second-order valence-corrected chi connectivity index (χ2v) is 6.96. The largest absolute Gasteiger partial charge is 0.497 e. The highest BCUT2D eigenvalue weighted by Gasteiger charge is 2.13. The molecule has 1 amide bonds. The van der Waals surface area contributed by atoms with Crippen molar-refractivity contribution in [3.05, 3.63) is 99.5 Å². The van der Waals surface area contributed by atoms with Crippen LogP contribution in [-0.2, 0) is 11.3 Å². The van der Waals surface area contributed by atoms with E-state index < -0.39 is 0 Å². The van der Waals surface area contributed by atoms with Gasteiger partial charge in [0.2, 0.25) is 0 Å². The molecule has 142 valence electrons. The lowest BCUT2D eigenvalue weighted by atomic mass is 10.0. The first-order chi connectivity index (χ1) is 13.6. The Labute approximate surface area is 174 Å². The van der Waals surface area contributed by atoms with Crippen LogP contribution in [-0.4, -0.2) is 13.0 Å². The van der Waals surface area contributed by atoms with Gasteiger partial charge in [-0.2, -0.15) is 0 Å². The zero-order valence-corrected chi connectivity index (χ0v) is 16.8. The summed E-state index contributed by atoms with van der Waals surface area (Å²) in [6.07, 6.45) is 1.85. The standard InChI is InChI=1S/C23H19Cl2NO2/c1-28-20-11-7-16(8-12-20)13-21(17-5-3-2-4-6-17)23(27)26-15-18-9-10-19(24)14-22(18)25/h2-14H,15H2,1H3,(H,26,27)/b21-13+. The lowest BCUT2D eigenvalue weighted by molar-refractivity contribution is -0.115. The number of carbonyl (C=O) groups is 1. The van der Waals surface area contributed by atoms with Crippen LogP contribution >= 0.6 is 23.2 Å². The smallest absolute Gasteiger partial charge is 0.252 e. The topological polar surface area (TPSA) is 38.3 Å². The Hall–Kier alpha value is -2.75. The molecule has 0 bridgehead atoms. The van der Waals surface area contributed by atoms with Crippen molar-refractivity contribution in [3.63, 3.8) is 0 Å². The first-order valence-electron chi connectivity index (χ1n) is 8.70. The number of hydrogen-bond acceptors (Lipinski definition) is 2. The summed E-state index contributed by atoms with van der Waals surface area (Å²) in [4.78, 5) is 12.9. The molecule has 3 aromatic carbocycles. The maximum atomic E-state index is 12.9. The predicted octanol–water partition coefficient (Wildman–Crippen LogP) is 5.86. The SMILES string of the molecule is COc1ccc(/C=C(/C(=O)NCc2ccc(Cl)cc2Cl)c2ccccc2)cc1. The van der Waals surface area contributed by atoms with E-state index in [0.717, 1.165) is 22.4 Å². The Morgan fingerprint density at radius 3 is 2.36 bits per heavy atom. The molecule has 0 aromatic heterocycles. The molecule has 3 nitrogen and oxygen atoms in total. The highest BCUT2D eigenvalue weighted by molar-refractivity contribution is 6.35. The van der Waals surface area contributed by atoms with Gasteiger partial charge in [-0.05, 0) is 47.0 Å². The van der Waals surface area contributed by atoms with Gasteiger partial charge >= 0.3 is 0 Å². The van der Waals surface area contributed by atoms with Crippen LogP contribution in [0.5, 0.6) is 5.75 Å². The van der Waals surface area contributed by atoms with Crippen molar-refractivity contribution in [1.29, 1.82) is 0 Å². The average Bonchev–Trinajstić information content (AvgIpc) is 2.72. The van der Waals surface area contributed by atoms with E-state index in [9.17, 15) is 4.79 Å². The Morgan fingerprint density at radius 2 is 1.71 bits per heavy atom. The maximum Gasteiger partial charge on any atom is 0.252 e. The van der Waals surface area contributed by atoms with Crippen LogP contribution in [0.15, 0.2) is 72.8 Å². The van der Waals surface area contributed by atoms with Crippen molar-refractivity contribution in [1.82, 2.24) is 5.32 Å². The van der Waals surface area contributed by atoms with Crippen molar-refractivity contribution in [2.24, 2.45) is 0 Å². The van der Waals surface area contributed by atoms with E-state index in [2.05, 4.69) is 5.32 Å². The normalized spacial score (nSPS) is 11.2. The third-order valence-electron chi connectivity index (χ3n) is 4.21. The number of methoxy groups -OCH3 is 1. The summed E-state index contributed by atoms with van der Waals surface area (Å²) >= 11 is 12.1. The van der Waals surface area contributed by atoms with Crippen LogP contribution in [0.2, 0.25) is 10.0 Å². The molecule has 0 aliphatic carbocycles. The molecule has 0 heterocycles. The lowest BCUT2D eigenvalue weighted by Gasteiger charge is -2.11. The van der Waals surface area contributed by atoms with E-state index in [-0.39, 0.29) is 5.91 Å². The summed E-state index contributed by atoms with van der Waals surface area (Å²) in [7, 11) is 1.62. The number of benzene rings is 3. The van der Waals surface area contributed by atoms with Gasteiger partial charge in [0.05, 0.1) is 7.11 Å². The van der Waals surface area contributed by atoms with E-state index in [4.69, 9.17) is 27.9 Å². The second kappa shape index (κ2) is 9.45. The molecule has 0 radical (unpaired) electrons. The molecule has 0 spiro atoms. The fourth-order valence-electron chi connectivity index (χ4n) is 2.70. The van der Waals surface area contributed by atoms with Gasteiger partial charge < -0.3 is 10.1 Å². The molecule has 28 heavy (non-hydrogen) atoms. The molecule has 3 aromatic rings. The first kappa shape index (κ1) is 20.0. The predicted molar refractivity (Wildman–Crippen MR) is 116 cm³/mol. The molecule has 0 saturated carbocycles. The molecule has 0 atom stereocenters. The Balaban J connectivity index is 1.85. The summed E-state index contributed by atoms with van der Waals surface area (Å²) in [6.45, 7) is 0.307. The van der Waals surface area contributed by atoms with Crippen molar-refractivity contribution in [2.75, 3.05) is 7.11 Å². The molecule has 0 fully saturated rings. The van der Waals surface area contributed by atoms with E-state index in [0.29, 0.717) is 22.2 Å². The number of hydrogen-bond donors (Lipinski definition) is 1. The van der Waals surface area contributed by atoms with Gasteiger partial charge in [-0.25, -0.2) is 0 Å². The molecule has 0 aliphatic rings. The maximum absolute atomic E-state index is 12.9. The quantitative estimate of drug-likeness (QED) is 0.407. The van der Waals surface area contributed by atoms with Gasteiger partial charge in [-0.15, -0.1) is 0 Å². The minimum Gasteiger partial charge on any atom is -0.497 e. The molecule has 0 saturated heterocycles. The summed E-state index contributed by atoms with van der Waals surface area (Å²) in [5.41, 5.74) is 3.10. The van der Waals surface area contributed by atoms with Crippen molar-refractivity contribution in [3.8, 4) is 5.75 Å². The minimum absolute atomic E-state index is 0.187. The fourth-order valence-corrected chi connectivity index (χ4v) is 3.18. The Kier molecular flexibility index (Phi) is 6.75. The molecule has 0 unspecified atom stereocenters.